The monoisotopic (exact) mass is 575 g/mol. The third kappa shape index (κ3) is 4.27. The van der Waals surface area contributed by atoms with Gasteiger partial charge in [0.25, 0.3) is 0 Å². The van der Waals surface area contributed by atoms with E-state index >= 15 is 0 Å². The molecule has 0 spiro atoms. The number of furan rings is 1. The highest BCUT2D eigenvalue weighted by Gasteiger charge is 2.21. The first-order chi connectivity index (χ1) is 22.3. The fourth-order valence-corrected chi connectivity index (χ4v) is 6.37. The molecule has 0 aliphatic carbocycles. The largest absolute Gasteiger partial charge is 0.455 e. The van der Waals surface area contributed by atoms with Crippen molar-refractivity contribution >= 4 is 43.5 Å². The molecule has 4 nitrogen and oxygen atoms in total. The van der Waals surface area contributed by atoms with Crippen LogP contribution in [0.1, 0.15) is 0 Å². The van der Waals surface area contributed by atoms with E-state index in [1.165, 1.54) is 5.39 Å². The van der Waals surface area contributed by atoms with E-state index in [-0.39, 0.29) is 0 Å². The van der Waals surface area contributed by atoms with Crippen molar-refractivity contribution < 1.29 is 4.42 Å². The van der Waals surface area contributed by atoms with Crippen LogP contribution >= 0.6 is 0 Å². The number of benzene rings is 7. The molecule has 0 aliphatic rings. The van der Waals surface area contributed by atoms with Gasteiger partial charge in [-0.1, -0.05) is 133 Å². The summed E-state index contributed by atoms with van der Waals surface area (Å²) in [5.74, 6) is 1.86. The minimum absolute atomic E-state index is 0.606. The minimum Gasteiger partial charge on any atom is -0.455 e. The lowest BCUT2D eigenvalue weighted by Crippen LogP contribution is -2.00. The topological polar surface area (TPSA) is 51.8 Å². The summed E-state index contributed by atoms with van der Waals surface area (Å²) in [5.41, 5.74) is 6.63. The molecule has 0 unspecified atom stereocenters. The summed E-state index contributed by atoms with van der Waals surface area (Å²) in [6.07, 6.45) is 0. The van der Waals surface area contributed by atoms with Gasteiger partial charge in [-0.3, -0.25) is 0 Å². The van der Waals surface area contributed by atoms with E-state index in [1.807, 2.05) is 48.5 Å². The van der Waals surface area contributed by atoms with Crippen LogP contribution < -0.4 is 0 Å². The van der Waals surface area contributed by atoms with Crippen molar-refractivity contribution in [3.8, 4) is 45.3 Å². The predicted octanol–water partition coefficient (Wildman–Crippen LogP) is 10.7. The second kappa shape index (κ2) is 10.2. The molecular formula is C41H25N3O. The summed E-state index contributed by atoms with van der Waals surface area (Å²) in [7, 11) is 0. The van der Waals surface area contributed by atoms with Crippen molar-refractivity contribution in [2.24, 2.45) is 0 Å². The van der Waals surface area contributed by atoms with E-state index in [2.05, 4.69) is 103 Å². The summed E-state index contributed by atoms with van der Waals surface area (Å²) >= 11 is 0. The zero-order valence-corrected chi connectivity index (χ0v) is 24.2. The van der Waals surface area contributed by atoms with E-state index in [0.29, 0.717) is 17.5 Å². The summed E-state index contributed by atoms with van der Waals surface area (Å²) in [6, 6.07) is 52.1. The van der Waals surface area contributed by atoms with Crippen LogP contribution in [-0.4, -0.2) is 15.0 Å². The third-order valence-corrected chi connectivity index (χ3v) is 8.49. The lowest BCUT2D eigenvalue weighted by atomic mass is 9.94. The molecule has 0 aliphatic heterocycles. The number of hydrogen-bond acceptors (Lipinski definition) is 4. The molecule has 0 atom stereocenters. The van der Waals surface area contributed by atoms with Gasteiger partial charge in [-0.25, -0.2) is 15.0 Å². The molecule has 45 heavy (non-hydrogen) atoms. The summed E-state index contributed by atoms with van der Waals surface area (Å²) in [4.78, 5) is 15.2. The molecule has 9 rings (SSSR count). The Morgan fingerprint density at radius 3 is 1.84 bits per heavy atom. The van der Waals surface area contributed by atoms with Crippen LogP contribution in [0.15, 0.2) is 156 Å². The summed E-state index contributed by atoms with van der Waals surface area (Å²) in [5, 5.41) is 6.65. The lowest BCUT2D eigenvalue weighted by Gasteiger charge is -2.10. The average Bonchev–Trinajstić information content (AvgIpc) is 3.49. The summed E-state index contributed by atoms with van der Waals surface area (Å²) in [6.45, 7) is 0. The second-order valence-electron chi connectivity index (χ2n) is 11.2. The molecule has 0 N–H and O–H groups in total. The molecule has 0 radical (unpaired) electrons. The van der Waals surface area contributed by atoms with Gasteiger partial charge in [0.05, 0.1) is 0 Å². The third-order valence-electron chi connectivity index (χ3n) is 8.49. The minimum atomic E-state index is 0.606. The Bertz CT molecular complexity index is 2540. The van der Waals surface area contributed by atoms with Gasteiger partial charge >= 0.3 is 0 Å². The lowest BCUT2D eigenvalue weighted by molar-refractivity contribution is 0.670. The van der Waals surface area contributed by atoms with Gasteiger partial charge in [0.1, 0.15) is 11.2 Å². The molecule has 7 aromatic carbocycles. The van der Waals surface area contributed by atoms with Gasteiger partial charge in [0.2, 0.25) is 0 Å². The fourth-order valence-electron chi connectivity index (χ4n) is 6.37. The first-order valence-corrected chi connectivity index (χ1v) is 15.0. The van der Waals surface area contributed by atoms with Gasteiger partial charge in [0, 0.05) is 33.0 Å². The Labute approximate surface area is 259 Å². The Balaban J connectivity index is 1.34. The molecule has 0 saturated carbocycles. The van der Waals surface area contributed by atoms with Crippen LogP contribution in [0.2, 0.25) is 0 Å². The Hall–Kier alpha value is -6.13. The number of aromatic nitrogens is 3. The first-order valence-electron chi connectivity index (χ1n) is 15.0. The van der Waals surface area contributed by atoms with Crippen molar-refractivity contribution in [3.63, 3.8) is 0 Å². The van der Waals surface area contributed by atoms with Crippen molar-refractivity contribution in [3.05, 3.63) is 152 Å². The van der Waals surface area contributed by atoms with Crippen LogP contribution in [0.5, 0.6) is 0 Å². The molecule has 4 heteroatoms. The summed E-state index contributed by atoms with van der Waals surface area (Å²) < 4.78 is 6.72. The van der Waals surface area contributed by atoms with Crippen LogP contribution in [0.25, 0.3) is 88.8 Å². The maximum Gasteiger partial charge on any atom is 0.164 e. The number of fused-ring (bicyclic) bond motifs is 5. The molecule has 9 aromatic rings. The second-order valence-corrected chi connectivity index (χ2v) is 11.2. The highest BCUT2D eigenvalue weighted by Crippen LogP contribution is 2.43. The van der Waals surface area contributed by atoms with E-state index in [1.54, 1.807) is 0 Å². The number of nitrogens with zero attached hydrogens (tertiary/aromatic N) is 3. The average molecular weight is 576 g/mol. The molecule has 0 saturated heterocycles. The zero-order chi connectivity index (χ0) is 29.7. The van der Waals surface area contributed by atoms with Gasteiger partial charge in [0.15, 0.2) is 17.5 Å². The number of rotatable bonds is 4. The Morgan fingerprint density at radius 2 is 1.04 bits per heavy atom. The van der Waals surface area contributed by atoms with Crippen LogP contribution in [0.3, 0.4) is 0 Å². The van der Waals surface area contributed by atoms with Gasteiger partial charge in [-0.05, 0) is 45.3 Å². The normalized spacial score (nSPS) is 11.6. The molecule has 0 fully saturated rings. The van der Waals surface area contributed by atoms with Crippen molar-refractivity contribution in [2.45, 2.75) is 0 Å². The highest BCUT2D eigenvalue weighted by molar-refractivity contribution is 6.21. The Kier molecular flexibility index (Phi) is 5.78. The van der Waals surface area contributed by atoms with Crippen molar-refractivity contribution in [2.75, 3.05) is 0 Å². The standard InChI is InChI=1S/C41H25N3O/c1-3-13-27(14-4-1)36-32-19-10-9-18-30(32)25-34-37-33(20-11-21-35(37)45-38(34)36)41-43-39(28-15-5-2-6-16-28)42-40(44-41)31-23-22-26-12-7-8-17-29(26)24-31/h1-25H. The Morgan fingerprint density at radius 1 is 0.400 bits per heavy atom. The predicted molar refractivity (Wildman–Crippen MR) is 184 cm³/mol. The van der Waals surface area contributed by atoms with Gasteiger partial charge < -0.3 is 4.42 Å². The molecular weight excluding hydrogens is 550 g/mol. The quantitative estimate of drug-likeness (QED) is 0.209. The van der Waals surface area contributed by atoms with Crippen LogP contribution in [0, 0.1) is 0 Å². The van der Waals surface area contributed by atoms with E-state index in [0.717, 1.165) is 65.9 Å². The molecule has 2 heterocycles. The fraction of sp³-hybridized carbons (Fsp3) is 0. The molecule has 0 bridgehead atoms. The molecule has 210 valence electrons. The first kappa shape index (κ1) is 25.4. The van der Waals surface area contributed by atoms with Crippen LogP contribution in [-0.2, 0) is 0 Å². The maximum absolute atomic E-state index is 6.72. The highest BCUT2D eigenvalue weighted by atomic mass is 16.3. The van der Waals surface area contributed by atoms with Crippen molar-refractivity contribution in [1.82, 2.24) is 15.0 Å². The van der Waals surface area contributed by atoms with E-state index < -0.39 is 0 Å². The SMILES string of the molecule is c1ccc(-c2nc(-c3ccc4ccccc4c3)nc(-c3cccc4oc5c(-c6ccccc6)c6ccccc6cc5c34)n2)cc1. The molecule has 2 aromatic heterocycles. The van der Waals surface area contributed by atoms with Gasteiger partial charge in [-0.2, -0.15) is 0 Å². The number of hydrogen-bond donors (Lipinski definition) is 0. The van der Waals surface area contributed by atoms with E-state index in [4.69, 9.17) is 19.4 Å². The van der Waals surface area contributed by atoms with Crippen molar-refractivity contribution in [1.29, 1.82) is 0 Å². The molecule has 0 amide bonds. The van der Waals surface area contributed by atoms with E-state index in [9.17, 15) is 0 Å². The van der Waals surface area contributed by atoms with Crippen LogP contribution in [0.4, 0.5) is 0 Å². The zero-order valence-electron chi connectivity index (χ0n) is 24.2. The van der Waals surface area contributed by atoms with Gasteiger partial charge in [-0.15, -0.1) is 0 Å². The maximum atomic E-state index is 6.72. The smallest absolute Gasteiger partial charge is 0.164 e.